The first-order valence-corrected chi connectivity index (χ1v) is 8.36. The summed E-state index contributed by atoms with van der Waals surface area (Å²) in [6, 6.07) is 11.9. The first-order valence-electron chi connectivity index (χ1n) is 8.36. The number of aryl methyl sites for hydroxylation is 1. The number of carbonyl (C=O) groups excluding carboxylic acids is 1. The van der Waals surface area contributed by atoms with E-state index in [-0.39, 0.29) is 5.91 Å². The minimum atomic E-state index is -0.0149. The minimum absolute atomic E-state index is 0.0149. The van der Waals surface area contributed by atoms with Crippen LogP contribution in [0.4, 0.5) is 0 Å². The van der Waals surface area contributed by atoms with Gasteiger partial charge in [-0.1, -0.05) is 12.1 Å². The lowest BCUT2D eigenvalue weighted by molar-refractivity contribution is 0.0953. The molecule has 0 saturated carbocycles. The smallest absolute Gasteiger partial charge is 0.251 e. The molecule has 1 fully saturated rings. The van der Waals surface area contributed by atoms with Crippen LogP contribution in [0.2, 0.25) is 0 Å². The highest BCUT2D eigenvalue weighted by Crippen LogP contribution is 2.23. The number of hydrogen-bond acceptors (Lipinski definition) is 3. The lowest BCUT2D eigenvalue weighted by Crippen LogP contribution is -2.29. The molecule has 0 unspecified atom stereocenters. The van der Waals surface area contributed by atoms with E-state index in [1.165, 1.54) is 18.4 Å². The van der Waals surface area contributed by atoms with Gasteiger partial charge in [0.15, 0.2) is 0 Å². The third-order valence-corrected chi connectivity index (χ3v) is 4.37. The molecule has 3 rings (SSSR count). The molecule has 2 heterocycles. The molecule has 1 amide bonds. The van der Waals surface area contributed by atoms with Crippen LogP contribution in [0, 0.1) is 6.92 Å². The van der Waals surface area contributed by atoms with Crippen LogP contribution in [0.25, 0.3) is 0 Å². The van der Waals surface area contributed by atoms with Crippen molar-refractivity contribution in [2.24, 2.45) is 0 Å². The van der Waals surface area contributed by atoms with Crippen LogP contribution in [0.5, 0.6) is 0 Å². The zero-order chi connectivity index (χ0) is 16.1. The predicted molar refractivity (Wildman–Crippen MR) is 90.8 cm³/mol. The Kier molecular flexibility index (Phi) is 5.13. The second kappa shape index (κ2) is 7.47. The molecule has 1 atom stereocenters. The molecule has 0 spiro atoms. The summed E-state index contributed by atoms with van der Waals surface area (Å²) >= 11 is 0. The third-order valence-electron chi connectivity index (χ3n) is 4.37. The quantitative estimate of drug-likeness (QED) is 0.892. The van der Waals surface area contributed by atoms with Crippen molar-refractivity contribution < 1.29 is 9.21 Å². The van der Waals surface area contributed by atoms with Gasteiger partial charge in [0.2, 0.25) is 0 Å². The maximum absolute atomic E-state index is 12.3. The minimum Gasteiger partial charge on any atom is -0.466 e. The second-order valence-electron chi connectivity index (χ2n) is 6.19. The Morgan fingerprint density at radius 1 is 1.35 bits per heavy atom. The molecular weight excluding hydrogens is 288 g/mol. The molecule has 4 heteroatoms. The highest BCUT2D eigenvalue weighted by atomic mass is 16.3. The number of furan rings is 1. The van der Waals surface area contributed by atoms with Gasteiger partial charge in [0, 0.05) is 25.1 Å². The van der Waals surface area contributed by atoms with Crippen molar-refractivity contribution in [2.45, 2.75) is 32.1 Å². The molecule has 23 heavy (non-hydrogen) atoms. The first-order chi connectivity index (χ1) is 11.2. The average molecular weight is 312 g/mol. The van der Waals surface area contributed by atoms with E-state index in [9.17, 15) is 4.79 Å². The number of amides is 1. The number of nitrogens with one attached hydrogen (secondary N) is 2. The van der Waals surface area contributed by atoms with Crippen molar-refractivity contribution in [2.75, 3.05) is 19.6 Å². The molecule has 2 aromatic rings. The number of carbonyl (C=O) groups is 1. The van der Waals surface area contributed by atoms with Gasteiger partial charge in [0.1, 0.15) is 11.5 Å². The Balaban J connectivity index is 1.56. The van der Waals surface area contributed by atoms with Gasteiger partial charge in [0.05, 0.1) is 0 Å². The number of piperidine rings is 1. The van der Waals surface area contributed by atoms with Crippen molar-refractivity contribution in [3.05, 3.63) is 59.0 Å². The summed E-state index contributed by atoms with van der Waals surface area (Å²) in [5.41, 5.74) is 2.00. The van der Waals surface area contributed by atoms with E-state index in [1.807, 2.05) is 37.3 Å². The van der Waals surface area contributed by atoms with Crippen LogP contribution < -0.4 is 10.6 Å². The molecule has 0 radical (unpaired) electrons. The fourth-order valence-electron chi connectivity index (χ4n) is 3.09. The Hall–Kier alpha value is -2.07. The molecule has 0 aliphatic carbocycles. The lowest BCUT2D eigenvalue weighted by atomic mass is 9.90. The van der Waals surface area contributed by atoms with Gasteiger partial charge in [-0.05, 0) is 62.1 Å². The van der Waals surface area contributed by atoms with E-state index < -0.39 is 0 Å². The largest absolute Gasteiger partial charge is 0.466 e. The molecular formula is C19H24N2O2. The molecule has 1 aliphatic rings. The Morgan fingerprint density at radius 2 is 2.26 bits per heavy atom. The van der Waals surface area contributed by atoms with Gasteiger partial charge >= 0.3 is 0 Å². The normalized spacial score (nSPS) is 17.9. The first kappa shape index (κ1) is 15.8. The molecule has 122 valence electrons. The van der Waals surface area contributed by atoms with Gasteiger partial charge < -0.3 is 15.1 Å². The monoisotopic (exact) mass is 312 g/mol. The van der Waals surface area contributed by atoms with Crippen molar-refractivity contribution in [3.63, 3.8) is 0 Å². The zero-order valence-corrected chi connectivity index (χ0v) is 13.6. The van der Waals surface area contributed by atoms with Crippen LogP contribution >= 0.6 is 0 Å². The van der Waals surface area contributed by atoms with E-state index >= 15 is 0 Å². The summed E-state index contributed by atoms with van der Waals surface area (Å²) in [5, 5.41) is 6.40. The summed E-state index contributed by atoms with van der Waals surface area (Å²) in [5.74, 6) is 2.31. The van der Waals surface area contributed by atoms with Gasteiger partial charge in [-0.25, -0.2) is 0 Å². The zero-order valence-electron chi connectivity index (χ0n) is 13.6. The molecule has 1 saturated heterocycles. The van der Waals surface area contributed by atoms with E-state index in [0.29, 0.717) is 18.9 Å². The van der Waals surface area contributed by atoms with Gasteiger partial charge in [-0.15, -0.1) is 0 Å². The van der Waals surface area contributed by atoms with Gasteiger partial charge in [0.25, 0.3) is 5.91 Å². The van der Waals surface area contributed by atoms with Crippen LogP contribution in [0.3, 0.4) is 0 Å². The standard InChI is InChI=1S/C19H24N2O2/c1-14-7-8-18(23-14)9-11-21-19(22)16-5-2-4-15(12-16)17-6-3-10-20-13-17/h2,4-5,7-8,12,17,20H,3,6,9-11,13H2,1H3,(H,21,22)/t17-/m0/s1. The van der Waals surface area contributed by atoms with E-state index in [2.05, 4.69) is 16.7 Å². The van der Waals surface area contributed by atoms with Crippen molar-refractivity contribution in [1.82, 2.24) is 10.6 Å². The number of hydrogen-bond donors (Lipinski definition) is 2. The summed E-state index contributed by atoms with van der Waals surface area (Å²) < 4.78 is 5.51. The van der Waals surface area contributed by atoms with E-state index in [0.717, 1.165) is 30.2 Å². The lowest BCUT2D eigenvalue weighted by Gasteiger charge is -2.23. The Labute approximate surface area is 137 Å². The highest BCUT2D eigenvalue weighted by molar-refractivity contribution is 5.94. The molecule has 2 N–H and O–H groups in total. The topological polar surface area (TPSA) is 54.3 Å². The van der Waals surface area contributed by atoms with Crippen LogP contribution in [-0.2, 0) is 6.42 Å². The van der Waals surface area contributed by atoms with Crippen LogP contribution in [0.15, 0.2) is 40.8 Å². The van der Waals surface area contributed by atoms with E-state index in [4.69, 9.17) is 4.42 Å². The summed E-state index contributed by atoms with van der Waals surface area (Å²) in [6.07, 6.45) is 3.10. The van der Waals surface area contributed by atoms with Crippen LogP contribution in [0.1, 0.15) is 46.2 Å². The molecule has 0 bridgehead atoms. The number of rotatable bonds is 5. The van der Waals surface area contributed by atoms with Gasteiger partial charge in [-0.2, -0.15) is 0 Å². The van der Waals surface area contributed by atoms with Crippen molar-refractivity contribution in [1.29, 1.82) is 0 Å². The Morgan fingerprint density at radius 3 is 3.00 bits per heavy atom. The van der Waals surface area contributed by atoms with Crippen molar-refractivity contribution >= 4 is 5.91 Å². The number of benzene rings is 1. The molecule has 1 aromatic heterocycles. The summed E-state index contributed by atoms with van der Waals surface area (Å²) in [7, 11) is 0. The molecule has 4 nitrogen and oxygen atoms in total. The van der Waals surface area contributed by atoms with Gasteiger partial charge in [-0.3, -0.25) is 4.79 Å². The fourth-order valence-corrected chi connectivity index (χ4v) is 3.09. The summed E-state index contributed by atoms with van der Waals surface area (Å²) in [6.45, 7) is 4.61. The summed E-state index contributed by atoms with van der Waals surface area (Å²) in [4.78, 5) is 12.3. The molecule has 1 aliphatic heterocycles. The fraction of sp³-hybridized carbons (Fsp3) is 0.421. The predicted octanol–water partition coefficient (Wildman–Crippen LogP) is 3.03. The Bertz CT molecular complexity index is 657. The average Bonchev–Trinajstić information content (AvgIpc) is 3.01. The SMILES string of the molecule is Cc1ccc(CCNC(=O)c2cccc([C@H]3CCCNC3)c2)o1. The van der Waals surface area contributed by atoms with Crippen LogP contribution in [-0.4, -0.2) is 25.5 Å². The molecule has 1 aromatic carbocycles. The second-order valence-corrected chi connectivity index (χ2v) is 6.19. The maximum Gasteiger partial charge on any atom is 0.251 e. The van der Waals surface area contributed by atoms with E-state index in [1.54, 1.807) is 0 Å². The van der Waals surface area contributed by atoms with Crippen molar-refractivity contribution in [3.8, 4) is 0 Å². The maximum atomic E-state index is 12.3. The highest BCUT2D eigenvalue weighted by Gasteiger charge is 2.16. The third kappa shape index (κ3) is 4.23.